The molecule has 5 nitrogen and oxygen atoms in total. The Hall–Kier alpha value is -1.46. The third kappa shape index (κ3) is 2.37. The molecule has 1 aromatic heterocycles. The molecule has 0 aromatic carbocycles. The van der Waals surface area contributed by atoms with Crippen LogP contribution in [-0.4, -0.2) is 35.4 Å². The first-order valence-corrected chi connectivity index (χ1v) is 6.22. The summed E-state index contributed by atoms with van der Waals surface area (Å²) in [6.45, 7) is 3.89. The van der Waals surface area contributed by atoms with Crippen molar-refractivity contribution in [3.05, 3.63) is 30.1 Å². The molecule has 5 heteroatoms. The summed E-state index contributed by atoms with van der Waals surface area (Å²) in [6.07, 6.45) is 2.55. The summed E-state index contributed by atoms with van der Waals surface area (Å²) in [6, 6.07) is 5.87. The Morgan fingerprint density at radius 1 is 1.61 bits per heavy atom. The van der Waals surface area contributed by atoms with Gasteiger partial charge in [-0.05, 0) is 32.0 Å². The summed E-state index contributed by atoms with van der Waals surface area (Å²) in [5.74, 6) is -0.234. The van der Waals surface area contributed by atoms with Crippen LogP contribution < -0.4 is 11.5 Å². The first-order chi connectivity index (χ1) is 8.57. The second-order valence-electron chi connectivity index (χ2n) is 5.15. The number of nitrogens with zero attached hydrogens (tertiary/aromatic N) is 2. The Morgan fingerprint density at radius 3 is 2.89 bits per heavy atom. The van der Waals surface area contributed by atoms with Crippen LogP contribution in [0.4, 0.5) is 0 Å². The van der Waals surface area contributed by atoms with Crippen molar-refractivity contribution in [2.75, 3.05) is 19.6 Å². The highest BCUT2D eigenvalue weighted by Gasteiger charge is 2.41. The molecule has 1 fully saturated rings. The molecule has 98 valence electrons. The fourth-order valence-corrected chi connectivity index (χ4v) is 2.49. The number of carbonyl (C=O) groups is 1. The molecule has 2 rings (SSSR count). The lowest BCUT2D eigenvalue weighted by atomic mass is 9.89. The molecule has 0 aliphatic carbocycles. The molecule has 18 heavy (non-hydrogen) atoms. The van der Waals surface area contributed by atoms with Crippen LogP contribution in [0.5, 0.6) is 0 Å². The second-order valence-corrected chi connectivity index (χ2v) is 5.15. The van der Waals surface area contributed by atoms with Gasteiger partial charge in [0.2, 0.25) is 5.91 Å². The number of primary amides is 1. The fourth-order valence-electron chi connectivity index (χ4n) is 2.49. The smallest absolute Gasteiger partial charge is 0.224 e. The lowest BCUT2D eigenvalue weighted by Gasteiger charge is -2.27. The Labute approximate surface area is 107 Å². The molecular weight excluding hydrogens is 228 g/mol. The number of nitrogens with two attached hydrogens (primary N) is 2. The first kappa shape index (κ1) is 13.0. The van der Waals surface area contributed by atoms with E-state index in [0.717, 1.165) is 18.7 Å². The van der Waals surface area contributed by atoms with Gasteiger partial charge in [-0.1, -0.05) is 6.07 Å². The van der Waals surface area contributed by atoms with E-state index in [0.29, 0.717) is 13.1 Å². The molecule has 4 N–H and O–H groups in total. The molecule has 2 unspecified atom stereocenters. The highest BCUT2D eigenvalue weighted by Crippen LogP contribution is 2.34. The number of hydrogen-bond acceptors (Lipinski definition) is 4. The van der Waals surface area contributed by atoms with Gasteiger partial charge < -0.3 is 11.5 Å². The largest absolute Gasteiger partial charge is 0.369 e. The Bertz CT molecular complexity index is 422. The summed E-state index contributed by atoms with van der Waals surface area (Å²) in [7, 11) is 0. The minimum atomic E-state index is -0.442. The van der Waals surface area contributed by atoms with Gasteiger partial charge in [0.25, 0.3) is 0 Å². The van der Waals surface area contributed by atoms with E-state index in [9.17, 15) is 4.79 Å². The number of hydrogen-bond donors (Lipinski definition) is 2. The zero-order valence-electron chi connectivity index (χ0n) is 10.7. The van der Waals surface area contributed by atoms with Gasteiger partial charge in [-0.2, -0.15) is 0 Å². The van der Waals surface area contributed by atoms with E-state index in [4.69, 9.17) is 11.5 Å². The maximum atomic E-state index is 11.5. The monoisotopic (exact) mass is 248 g/mol. The third-order valence-electron chi connectivity index (χ3n) is 3.79. The maximum absolute atomic E-state index is 11.5. The van der Waals surface area contributed by atoms with Gasteiger partial charge in [0.1, 0.15) is 0 Å². The van der Waals surface area contributed by atoms with Gasteiger partial charge in [0, 0.05) is 19.3 Å². The topological polar surface area (TPSA) is 85.2 Å². The number of rotatable bonds is 4. The molecule has 0 spiro atoms. The van der Waals surface area contributed by atoms with Crippen LogP contribution in [0.15, 0.2) is 24.4 Å². The van der Waals surface area contributed by atoms with Crippen LogP contribution in [0.3, 0.4) is 0 Å². The van der Waals surface area contributed by atoms with E-state index in [1.165, 1.54) is 0 Å². The highest BCUT2D eigenvalue weighted by molar-refractivity contribution is 5.81. The Balaban J connectivity index is 2.15. The van der Waals surface area contributed by atoms with Crippen molar-refractivity contribution in [3.63, 3.8) is 0 Å². The van der Waals surface area contributed by atoms with Crippen molar-refractivity contribution in [3.8, 4) is 0 Å². The fraction of sp³-hybridized carbons (Fsp3) is 0.538. The van der Waals surface area contributed by atoms with Crippen LogP contribution in [0, 0.1) is 5.41 Å². The molecule has 1 saturated heterocycles. The van der Waals surface area contributed by atoms with Gasteiger partial charge in [-0.15, -0.1) is 0 Å². The second kappa shape index (κ2) is 5.04. The number of amides is 1. The number of aromatic nitrogens is 1. The molecule has 1 aliphatic rings. The SMILES string of the molecule is CC1(C(N)=O)CCN(C(CN)c2ccccn2)C1. The van der Waals surface area contributed by atoms with Crippen molar-refractivity contribution >= 4 is 5.91 Å². The van der Waals surface area contributed by atoms with E-state index in [1.54, 1.807) is 6.20 Å². The molecular formula is C13H20N4O. The van der Waals surface area contributed by atoms with Crippen molar-refractivity contribution in [2.24, 2.45) is 16.9 Å². The van der Waals surface area contributed by atoms with E-state index in [2.05, 4.69) is 9.88 Å². The van der Waals surface area contributed by atoms with Crippen molar-refractivity contribution < 1.29 is 4.79 Å². The molecule has 1 amide bonds. The molecule has 2 atom stereocenters. The molecule has 2 heterocycles. The van der Waals surface area contributed by atoms with E-state index >= 15 is 0 Å². The zero-order chi connectivity index (χ0) is 13.2. The summed E-state index contributed by atoms with van der Waals surface area (Å²) in [4.78, 5) is 18.0. The van der Waals surface area contributed by atoms with E-state index < -0.39 is 5.41 Å². The van der Waals surface area contributed by atoms with Crippen LogP contribution in [0.25, 0.3) is 0 Å². The van der Waals surface area contributed by atoms with Gasteiger partial charge in [0.05, 0.1) is 17.2 Å². The predicted molar refractivity (Wildman–Crippen MR) is 69.5 cm³/mol. The van der Waals surface area contributed by atoms with Gasteiger partial charge in [0.15, 0.2) is 0 Å². The molecule has 0 radical (unpaired) electrons. The van der Waals surface area contributed by atoms with Gasteiger partial charge >= 0.3 is 0 Å². The van der Waals surface area contributed by atoms with Crippen LogP contribution in [-0.2, 0) is 4.79 Å². The van der Waals surface area contributed by atoms with Gasteiger partial charge in [-0.3, -0.25) is 14.7 Å². The van der Waals surface area contributed by atoms with E-state index in [-0.39, 0.29) is 11.9 Å². The lowest BCUT2D eigenvalue weighted by Crippen LogP contribution is -2.39. The number of likely N-dealkylation sites (tertiary alicyclic amines) is 1. The van der Waals surface area contributed by atoms with Crippen molar-refractivity contribution in [1.29, 1.82) is 0 Å². The average molecular weight is 248 g/mol. The molecule has 0 bridgehead atoms. The summed E-state index contributed by atoms with van der Waals surface area (Å²) in [5.41, 5.74) is 11.8. The summed E-state index contributed by atoms with van der Waals surface area (Å²) in [5, 5.41) is 0. The average Bonchev–Trinajstić information content (AvgIpc) is 2.76. The lowest BCUT2D eigenvalue weighted by molar-refractivity contribution is -0.126. The highest BCUT2D eigenvalue weighted by atomic mass is 16.1. The number of pyridine rings is 1. The third-order valence-corrected chi connectivity index (χ3v) is 3.79. The van der Waals surface area contributed by atoms with Crippen LogP contribution >= 0.6 is 0 Å². The zero-order valence-corrected chi connectivity index (χ0v) is 10.7. The standard InChI is InChI=1S/C13H20N4O/c1-13(12(15)18)5-7-17(9-13)11(8-14)10-4-2-3-6-16-10/h2-4,6,11H,5,7-9,14H2,1H3,(H2,15,18). The number of carbonyl (C=O) groups excluding carboxylic acids is 1. The Morgan fingerprint density at radius 2 is 2.39 bits per heavy atom. The normalized spacial score (nSPS) is 26.1. The first-order valence-electron chi connectivity index (χ1n) is 6.22. The minimum Gasteiger partial charge on any atom is -0.369 e. The molecule has 1 aliphatic heterocycles. The van der Waals surface area contributed by atoms with Gasteiger partial charge in [-0.25, -0.2) is 0 Å². The van der Waals surface area contributed by atoms with Crippen LogP contribution in [0.1, 0.15) is 25.1 Å². The molecule has 1 aromatic rings. The predicted octanol–water partition coefficient (Wildman–Crippen LogP) is 0.279. The van der Waals surface area contributed by atoms with E-state index in [1.807, 2.05) is 25.1 Å². The summed E-state index contributed by atoms with van der Waals surface area (Å²) < 4.78 is 0. The maximum Gasteiger partial charge on any atom is 0.224 e. The molecule has 0 saturated carbocycles. The van der Waals surface area contributed by atoms with Crippen molar-refractivity contribution in [1.82, 2.24) is 9.88 Å². The quantitative estimate of drug-likeness (QED) is 0.801. The Kier molecular flexibility index (Phi) is 3.63. The minimum absolute atomic E-state index is 0.0624. The van der Waals surface area contributed by atoms with Crippen LogP contribution in [0.2, 0.25) is 0 Å². The van der Waals surface area contributed by atoms with Crippen molar-refractivity contribution in [2.45, 2.75) is 19.4 Å². The summed E-state index contributed by atoms with van der Waals surface area (Å²) >= 11 is 0.